The molecule has 0 spiro atoms. The second-order valence-corrected chi connectivity index (χ2v) is 8.70. The summed E-state index contributed by atoms with van der Waals surface area (Å²) in [6.07, 6.45) is 3.97. The van der Waals surface area contributed by atoms with Crippen LogP contribution >= 0.6 is 11.8 Å². The third-order valence-electron chi connectivity index (χ3n) is 5.41. The van der Waals surface area contributed by atoms with Crippen molar-refractivity contribution in [2.75, 3.05) is 13.1 Å². The molecule has 25 heavy (non-hydrogen) atoms. The molecule has 0 unspecified atom stereocenters. The Balaban J connectivity index is 1.73. The van der Waals surface area contributed by atoms with Crippen LogP contribution in [0.2, 0.25) is 0 Å². The maximum absolute atomic E-state index is 13.3. The largest absolute Gasteiger partial charge is 0.479 e. The van der Waals surface area contributed by atoms with Crippen molar-refractivity contribution < 1.29 is 19.8 Å². The highest BCUT2D eigenvalue weighted by Gasteiger charge is 2.47. The molecule has 1 saturated carbocycles. The molecule has 1 aromatic rings. The summed E-state index contributed by atoms with van der Waals surface area (Å²) < 4.78 is -0.450. The van der Waals surface area contributed by atoms with Gasteiger partial charge in [0.25, 0.3) is 0 Å². The molecule has 6 heteroatoms. The Morgan fingerprint density at radius 3 is 2.12 bits per heavy atom. The first-order chi connectivity index (χ1) is 11.8. The summed E-state index contributed by atoms with van der Waals surface area (Å²) in [5.74, 6) is -1.09. The molecule has 1 amide bonds. The van der Waals surface area contributed by atoms with Gasteiger partial charge in [-0.1, -0.05) is 30.5 Å². The summed E-state index contributed by atoms with van der Waals surface area (Å²) in [5.41, 5.74) is -0.496. The molecule has 2 fully saturated rings. The van der Waals surface area contributed by atoms with Gasteiger partial charge in [0.2, 0.25) is 5.91 Å². The molecule has 0 bridgehead atoms. The van der Waals surface area contributed by atoms with E-state index in [0.717, 1.165) is 30.6 Å². The van der Waals surface area contributed by atoms with E-state index < -0.39 is 16.3 Å². The first-order valence-electron chi connectivity index (χ1n) is 8.86. The van der Waals surface area contributed by atoms with E-state index in [-0.39, 0.29) is 18.7 Å². The summed E-state index contributed by atoms with van der Waals surface area (Å²) in [5, 5.41) is 19.2. The number of aliphatic hydroxyl groups is 1. The average Bonchev–Trinajstić information content (AvgIpc) is 3.07. The Bertz CT molecular complexity index is 644. The van der Waals surface area contributed by atoms with Gasteiger partial charge in [0, 0.05) is 30.8 Å². The van der Waals surface area contributed by atoms with Gasteiger partial charge in [-0.15, -0.1) is 11.8 Å². The van der Waals surface area contributed by atoms with Crippen LogP contribution < -0.4 is 0 Å². The zero-order chi connectivity index (χ0) is 18.1. The van der Waals surface area contributed by atoms with E-state index in [0.29, 0.717) is 13.1 Å². The highest BCUT2D eigenvalue weighted by molar-refractivity contribution is 8.01. The number of nitrogens with zero attached hydrogens (tertiary/aromatic N) is 1. The number of carbonyl (C=O) groups excluding carboxylic acids is 1. The molecule has 1 aromatic carbocycles. The lowest BCUT2D eigenvalue weighted by molar-refractivity contribution is -0.165. The van der Waals surface area contributed by atoms with Crippen LogP contribution in [0.25, 0.3) is 0 Å². The van der Waals surface area contributed by atoms with Gasteiger partial charge < -0.3 is 15.1 Å². The monoisotopic (exact) mass is 363 g/mol. The van der Waals surface area contributed by atoms with Crippen LogP contribution in [0.1, 0.15) is 44.1 Å². The number of piperidine rings is 1. The van der Waals surface area contributed by atoms with Crippen LogP contribution in [0.15, 0.2) is 29.2 Å². The average molecular weight is 363 g/mol. The van der Waals surface area contributed by atoms with Gasteiger partial charge in [-0.25, -0.2) is 4.79 Å². The van der Waals surface area contributed by atoms with Crippen molar-refractivity contribution >= 4 is 23.6 Å². The molecule has 0 aromatic heterocycles. The topological polar surface area (TPSA) is 77.8 Å². The molecule has 1 saturated heterocycles. The molecule has 3 rings (SSSR count). The summed E-state index contributed by atoms with van der Waals surface area (Å²) in [6.45, 7) is 2.65. The van der Waals surface area contributed by atoms with Crippen molar-refractivity contribution in [1.82, 2.24) is 4.90 Å². The van der Waals surface area contributed by atoms with Crippen LogP contribution in [0.4, 0.5) is 0 Å². The van der Waals surface area contributed by atoms with Crippen LogP contribution in [0.5, 0.6) is 0 Å². The zero-order valence-electron chi connectivity index (χ0n) is 14.5. The molecular formula is C19H25NO4S. The predicted molar refractivity (Wildman–Crippen MR) is 96.6 cm³/mol. The SMILES string of the molecule is Cc1ccc(SC2(C(=O)N3CCC(O)(C(=O)O)CC3)CCCC2)cc1. The van der Waals surface area contributed by atoms with E-state index in [1.165, 1.54) is 5.56 Å². The molecule has 1 aliphatic heterocycles. The molecule has 2 aliphatic rings. The second-order valence-electron chi connectivity index (χ2n) is 7.25. The number of aryl methyl sites for hydroxylation is 1. The van der Waals surface area contributed by atoms with E-state index in [2.05, 4.69) is 24.3 Å². The number of likely N-dealkylation sites (tertiary alicyclic amines) is 1. The lowest BCUT2D eigenvalue weighted by atomic mass is 9.90. The van der Waals surface area contributed by atoms with E-state index >= 15 is 0 Å². The molecule has 2 N–H and O–H groups in total. The van der Waals surface area contributed by atoms with Gasteiger partial charge in [-0.05, 0) is 31.9 Å². The Morgan fingerprint density at radius 2 is 1.60 bits per heavy atom. The molecule has 1 aliphatic carbocycles. The van der Waals surface area contributed by atoms with Crippen molar-refractivity contribution in [1.29, 1.82) is 0 Å². The lowest BCUT2D eigenvalue weighted by Crippen LogP contribution is -2.54. The summed E-state index contributed by atoms with van der Waals surface area (Å²) in [7, 11) is 0. The van der Waals surface area contributed by atoms with Gasteiger partial charge >= 0.3 is 5.97 Å². The van der Waals surface area contributed by atoms with Crippen LogP contribution in [-0.2, 0) is 9.59 Å². The Morgan fingerprint density at radius 1 is 1.04 bits per heavy atom. The van der Waals surface area contributed by atoms with Gasteiger partial charge in [0.15, 0.2) is 5.60 Å². The Kier molecular flexibility index (Phi) is 5.11. The maximum Gasteiger partial charge on any atom is 0.335 e. The molecule has 136 valence electrons. The predicted octanol–water partition coefficient (Wildman–Crippen LogP) is 2.84. The number of aliphatic carboxylic acids is 1. The van der Waals surface area contributed by atoms with Crippen LogP contribution in [0.3, 0.4) is 0 Å². The van der Waals surface area contributed by atoms with Gasteiger partial charge in [0.05, 0.1) is 4.75 Å². The number of rotatable bonds is 4. The number of carbonyl (C=O) groups is 2. The number of hydrogen-bond acceptors (Lipinski definition) is 4. The summed E-state index contributed by atoms with van der Waals surface area (Å²) in [4.78, 5) is 27.3. The highest BCUT2D eigenvalue weighted by atomic mass is 32.2. The van der Waals surface area contributed by atoms with Gasteiger partial charge in [-0.2, -0.15) is 0 Å². The number of benzene rings is 1. The highest BCUT2D eigenvalue weighted by Crippen LogP contribution is 2.47. The number of carboxylic acids is 1. The lowest BCUT2D eigenvalue weighted by Gasteiger charge is -2.40. The molecule has 0 atom stereocenters. The fourth-order valence-corrected chi connectivity index (χ4v) is 5.15. The quantitative estimate of drug-likeness (QED) is 0.860. The van der Waals surface area contributed by atoms with Crippen LogP contribution in [-0.4, -0.2) is 50.4 Å². The molecular weight excluding hydrogens is 338 g/mol. The van der Waals surface area contributed by atoms with Gasteiger partial charge in [0.1, 0.15) is 0 Å². The smallest absolute Gasteiger partial charge is 0.335 e. The minimum Gasteiger partial charge on any atom is -0.479 e. The van der Waals surface area contributed by atoms with Crippen molar-refractivity contribution in [2.45, 2.75) is 60.7 Å². The van der Waals surface area contributed by atoms with E-state index in [4.69, 9.17) is 5.11 Å². The van der Waals surface area contributed by atoms with Crippen LogP contribution in [0, 0.1) is 6.92 Å². The van der Waals surface area contributed by atoms with Crippen molar-refractivity contribution in [3.63, 3.8) is 0 Å². The number of carboxylic acid groups (broad SMARTS) is 1. The standard InChI is InChI=1S/C19H25NO4S/c1-14-4-6-15(7-5-14)25-19(8-2-3-9-19)16(21)20-12-10-18(24,11-13-20)17(22)23/h4-7,24H,2-3,8-13H2,1H3,(H,22,23). The third-order valence-corrected chi connectivity index (χ3v) is 6.89. The Hall–Kier alpha value is -1.53. The van der Waals surface area contributed by atoms with Gasteiger partial charge in [-0.3, -0.25) is 4.79 Å². The maximum atomic E-state index is 13.3. The zero-order valence-corrected chi connectivity index (χ0v) is 15.3. The van der Waals surface area contributed by atoms with E-state index in [9.17, 15) is 14.7 Å². The summed E-state index contributed by atoms with van der Waals surface area (Å²) in [6, 6.07) is 8.24. The van der Waals surface area contributed by atoms with E-state index in [1.807, 2.05) is 6.92 Å². The minimum absolute atomic E-state index is 0.0966. The Labute approximate surface area is 152 Å². The van der Waals surface area contributed by atoms with E-state index in [1.54, 1.807) is 16.7 Å². The summed E-state index contributed by atoms with van der Waals surface area (Å²) >= 11 is 1.65. The molecule has 1 heterocycles. The minimum atomic E-state index is -1.69. The first kappa shape index (κ1) is 18.3. The van der Waals surface area contributed by atoms with Crippen molar-refractivity contribution in [3.8, 4) is 0 Å². The third kappa shape index (κ3) is 3.70. The fraction of sp³-hybridized carbons (Fsp3) is 0.579. The molecule has 5 nitrogen and oxygen atoms in total. The first-order valence-corrected chi connectivity index (χ1v) is 9.67. The van der Waals surface area contributed by atoms with Crippen molar-refractivity contribution in [3.05, 3.63) is 29.8 Å². The number of amides is 1. The fourth-order valence-electron chi connectivity index (χ4n) is 3.72. The number of hydrogen-bond donors (Lipinski definition) is 2. The molecule has 0 radical (unpaired) electrons. The second kappa shape index (κ2) is 7.00. The number of thioether (sulfide) groups is 1. The van der Waals surface area contributed by atoms with Crippen molar-refractivity contribution in [2.24, 2.45) is 0 Å². The normalized spacial score (nSPS) is 21.9.